The Morgan fingerprint density at radius 1 is 1.16 bits per heavy atom. The minimum Gasteiger partial charge on any atom is -0.431 e. The maximum Gasteiger partial charge on any atom is 0.387 e. The van der Waals surface area contributed by atoms with Crippen LogP contribution >= 0.6 is 0 Å². The maximum absolute atomic E-state index is 13.2. The van der Waals surface area contributed by atoms with Crippen LogP contribution in [0, 0.1) is 11.8 Å². The molecule has 6 nitrogen and oxygen atoms in total. The van der Waals surface area contributed by atoms with Crippen LogP contribution in [0.25, 0.3) is 11.3 Å². The van der Waals surface area contributed by atoms with E-state index in [4.69, 9.17) is 10.8 Å². The van der Waals surface area contributed by atoms with Gasteiger partial charge in [-0.05, 0) is 50.7 Å². The summed E-state index contributed by atoms with van der Waals surface area (Å²) in [5.74, 6) is -1.51. The standard InChI is InChI=1S/C21H25F4N5O/c1-10(2)30-16(18-13-4-12(5-14(13)18)29-8-21(24,25)9-29)6-15(28-30)11-3-17(31-20(22)23)19(26)27-7-11/h3,6-7,10,12-14,18,20H,4-5,8-9H2,1-2H3,(H2,26,27)/t12?,13-,14+,18+. The Bertz CT molecular complexity index is 974. The Morgan fingerprint density at radius 3 is 2.42 bits per heavy atom. The van der Waals surface area contributed by atoms with Crippen LogP contribution in [0.2, 0.25) is 0 Å². The Labute approximate surface area is 177 Å². The number of hydrogen-bond donors (Lipinski definition) is 1. The average molecular weight is 439 g/mol. The fourth-order valence-electron chi connectivity index (χ4n) is 5.35. The molecule has 3 aliphatic rings. The van der Waals surface area contributed by atoms with E-state index in [0.29, 0.717) is 29.0 Å². The summed E-state index contributed by atoms with van der Waals surface area (Å²) in [4.78, 5) is 5.87. The molecule has 0 aromatic carbocycles. The van der Waals surface area contributed by atoms with Gasteiger partial charge in [0.1, 0.15) is 0 Å². The molecule has 2 N–H and O–H groups in total. The molecule has 1 unspecified atom stereocenters. The SMILES string of the molecule is CC(C)n1nc(-c2cnc(N)c(OC(F)F)c2)cc1[C@H]1[C@@H]2CC(N3CC(F)(F)C3)C[C@@H]21. The molecular weight excluding hydrogens is 414 g/mol. The van der Waals surface area contributed by atoms with Crippen molar-refractivity contribution < 1.29 is 22.3 Å². The van der Waals surface area contributed by atoms with Gasteiger partial charge >= 0.3 is 6.61 Å². The first kappa shape index (κ1) is 20.5. The molecule has 0 amide bonds. The first-order chi connectivity index (χ1) is 14.6. The number of nitrogens with two attached hydrogens (primary N) is 1. The molecule has 0 bridgehead atoms. The first-order valence-electron chi connectivity index (χ1n) is 10.5. The second kappa shape index (κ2) is 7.08. The van der Waals surface area contributed by atoms with Gasteiger partial charge in [0, 0.05) is 35.5 Å². The minimum atomic E-state index is -2.99. The predicted octanol–water partition coefficient (Wildman–Crippen LogP) is 4.15. The Hall–Kier alpha value is -2.36. The fourth-order valence-corrected chi connectivity index (χ4v) is 5.35. The lowest BCUT2D eigenvalue weighted by atomic mass is 9.99. The molecule has 1 saturated heterocycles. The van der Waals surface area contributed by atoms with Crippen LogP contribution in [0.5, 0.6) is 5.75 Å². The summed E-state index contributed by atoms with van der Waals surface area (Å²) < 4.78 is 58.1. The van der Waals surface area contributed by atoms with E-state index in [9.17, 15) is 17.6 Å². The number of halogens is 4. The molecule has 2 saturated carbocycles. The van der Waals surface area contributed by atoms with Crippen LogP contribution in [-0.2, 0) is 0 Å². The van der Waals surface area contributed by atoms with E-state index in [-0.39, 0.29) is 36.7 Å². The highest BCUT2D eigenvalue weighted by atomic mass is 19.3. The second-order valence-electron chi connectivity index (χ2n) is 9.22. The Kier molecular flexibility index (Phi) is 4.69. The lowest BCUT2D eigenvalue weighted by Crippen LogP contribution is -2.59. The summed E-state index contributed by atoms with van der Waals surface area (Å²) in [7, 11) is 0. The number of nitrogen functional groups attached to an aromatic ring is 1. The molecule has 3 fully saturated rings. The molecule has 2 aromatic heterocycles. The number of ether oxygens (including phenoxy) is 1. The number of pyridine rings is 1. The monoisotopic (exact) mass is 439 g/mol. The van der Waals surface area contributed by atoms with E-state index in [0.717, 1.165) is 18.5 Å². The van der Waals surface area contributed by atoms with Crippen molar-refractivity contribution in [3.8, 4) is 17.0 Å². The number of anilines is 1. The highest BCUT2D eigenvalue weighted by molar-refractivity contribution is 5.64. The van der Waals surface area contributed by atoms with Crippen molar-refractivity contribution in [2.24, 2.45) is 11.8 Å². The van der Waals surface area contributed by atoms with E-state index < -0.39 is 12.5 Å². The maximum atomic E-state index is 13.2. The molecule has 4 atom stereocenters. The van der Waals surface area contributed by atoms with E-state index in [1.807, 2.05) is 29.5 Å². The second-order valence-corrected chi connectivity index (χ2v) is 9.22. The van der Waals surface area contributed by atoms with Crippen LogP contribution in [-0.4, -0.2) is 51.3 Å². The van der Waals surface area contributed by atoms with E-state index in [1.54, 1.807) is 0 Å². The van der Waals surface area contributed by atoms with Gasteiger partial charge in [-0.25, -0.2) is 13.8 Å². The Balaban J connectivity index is 1.35. The number of rotatable bonds is 6. The van der Waals surface area contributed by atoms with Crippen LogP contribution in [0.4, 0.5) is 23.4 Å². The normalized spacial score (nSPS) is 29.3. The predicted molar refractivity (Wildman–Crippen MR) is 106 cm³/mol. The van der Waals surface area contributed by atoms with Crippen LogP contribution < -0.4 is 10.5 Å². The van der Waals surface area contributed by atoms with Crippen molar-refractivity contribution in [2.45, 2.75) is 57.2 Å². The van der Waals surface area contributed by atoms with Crippen molar-refractivity contribution in [1.29, 1.82) is 0 Å². The molecule has 1 aliphatic heterocycles. The van der Waals surface area contributed by atoms with Gasteiger partial charge in [-0.15, -0.1) is 0 Å². The summed E-state index contributed by atoms with van der Waals surface area (Å²) in [5, 5.41) is 4.70. The third-order valence-electron chi connectivity index (χ3n) is 6.79. The summed E-state index contributed by atoms with van der Waals surface area (Å²) in [6.07, 6.45) is 3.36. The number of likely N-dealkylation sites (tertiary alicyclic amines) is 1. The van der Waals surface area contributed by atoms with E-state index in [1.165, 1.54) is 12.3 Å². The summed E-state index contributed by atoms with van der Waals surface area (Å²) in [6.45, 7) is 0.839. The molecule has 5 rings (SSSR count). The molecule has 168 valence electrons. The summed E-state index contributed by atoms with van der Waals surface area (Å²) in [6, 6.07) is 3.78. The number of nitrogens with zero attached hydrogens (tertiary/aromatic N) is 4. The third-order valence-corrected chi connectivity index (χ3v) is 6.79. The van der Waals surface area contributed by atoms with Gasteiger partial charge in [-0.2, -0.15) is 13.9 Å². The van der Waals surface area contributed by atoms with Crippen molar-refractivity contribution in [3.05, 3.63) is 24.0 Å². The topological polar surface area (TPSA) is 69.2 Å². The zero-order valence-electron chi connectivity index (χ0n) is 17.3. The Morgan fingerprint density at radius 2 is 1.84 bits per heavy atom. The average Bonchev–Trinajstić information content (AvgIpc) is 3.04. The zero-order chi connectivity index (χ0) is 22.1. The molecule has 3 heterocycles. The molecule has 2 aromatic rings. The van der Waals surface area contributed by atoms with Crippen molar-refractivity contribution in [3.63, 3.8) is 0 Å². The number of aromatic nitrogens is 3. The quantitative estimate of drug-likeness (QED) is 0.685. The largest absolute Gasteiger partial charge is 0.431 e. The van der Waals surface area contributed by atoms with Crippen molar-refractivity contribution in [1.82, 2.24) is 19.7 Å². The molecular formula is C21H25F4N5O. The number of hydrogen-bond acceptors (Lipinski definition) is 5. The highest BCUT2D eigenvalue weighted by Gasteiger charge is 2.61. The van der Waals surface area contributed by atoms with Gasteiger partial charge in [0.05, 0.1) is 18.8 Å². The van der Waals surface area contributed by atoms with Gasteiger partial charge in [-0.3, -0.25) is 9.58 Å². The summed E-state index contributed by atoms with van der Waals surface area (Å²) in [5.41, 5.74) is 7.92. The minimum absolute atomic E-state index is 0.105. The van der Waals surface area contributed by atoms with Gasteiger partial charge in [0.2, 0.25) is 0 Å². The molecule has 0 spiro atoms. The van der Waals surface area contributed by atoms with Crippen molar-refractivity contribution >= 4 is 5.82 Å². The van der Waals surface area contributed by atoms with Gasteiger partial charge in [0.15, 0.2) is 11.6 Å². The van der Waals surface area contributed by atoms with Gasteiger partial charge in [-0.1, -0.05) is 0 Å². The van der Waals surface area contributed by atoms with E-state index >= 15 is 0 Å². The first-order valence-corrected chi connectivity index (χ1v) is 10.5. The van der Waals surface area contributed by atoms with Crippen LogP contribution in [0.1, 0.15) is 44.3 Å². The fraction of sp³-hybridized carbons (Fsp3) is 0.619. The molecule has 2 aliphatic carbocycles. The molecule has 31 heavy (non-hydrogen) atoms. The van der Waals surface area contributed by atoms with E-state index in [2.05, 4.69) is 9.72 Å². The summed E-state index contributed by atoms with van der Waals surface area (Å²) >= 11 is 0. The smallest absolute Gasteiger partial charge is 0.387 e. The lowest BCUT2D eigenvalue weighted by molar-refractivity contribution is -0.146. The molecule has 0 radical (unpaired) electrons. The van der Waals surface area contributed by atoms with Gasteiger partial charge in [0.25, 0.3) is 5.92 Å². The zero-order valence-corrected chi connectivity index (χ0v) is 17.3. The van der Waals surface area contributed by atoms with Crippen LogP contribution in [0.15, 0.2) is 18.3 Å². The molecule has 10 heteroatoms. The number of fused-ring (bicyclic) bond motifs is 1. The van der Waals surface area contributed by atoms with Crippen molar-refractivity contribution in [2.75, 3.05) is 18.8 Å². The highest BCUT2D eigenvalue weighted by Crippen LogP contribution is 2.64. The van der Waals surface area contributed by atoms with Crippen LogP contribution in [0.3, 0.4) is 0 Å². The third kappa shape index (κ3) is 3.64. The lowest BCUT2D eigenvalue weighted by Gasteiger charge is -2.43. The number of alkyl halides is 4. The van der Waals surface area contributed by atoms with Gasteiger partial charge < -0.3 is 10.5 Å².